The molecule has 0 N–H and O–H groups in total. The number of azide groups is 1. The van der Waals surface area contributed by atoms with Crippen LogP contribution in [0.1, 0.15) is 46.5 Å². The molecule has 0 aromatic heterocycles. The van der Waals surface area contributed by atoms with Gasteiger partial charge in [0.15, 0.2) is 0 Å². The van der Waals surface area contributed by atoms with Crippen molar-refractivity contribution in [3.8, 4) is 0 Å². The number of carbonyl (C=O) groups is 1. The van der Waals surface area contributed by atoms with E-state index in [1.807, 2.05) is 0 Å². The summed E-state index contributed by atoms with van der Waals surface area (Å²) in [5, 5.41) is 2.93. The Labute approximate surface area is 95.8 Å². The van der Waals surface area contributed by atoms with Crippen LogP contribution < -0.4 is 0 Å². The third-order valence-corrected chi connectivity index (χ3v) is 3.76. The smallest absolute Gasteiger partial charge is 0.397 e. The van der Waals surface area contributed by atoms with Crippen LogP contribution in [-0.2, 0) is 4.74 Å². The summed E-state index contributed by atoms with van der Waals surface area (Å²) in [5.74, 6) is 0.563. The molecule has 1 saturated carbocycles. The van der Waals surface area contributed by atoms with Gasteiger partial charge in [-0.1, -0.05) is 20.8 Å². The third kappa shape index (κ3) is 3.14. The molecule has 0 aliphatic heterocycles. The Hall–Kier alpha value is -1.22. The summed E-state index contributed by atoms with van der Waals surface area (Å²) < 4.78 is 5.12. The highest BCUT2D eigenvalue weighted by Gasteiger charge is 2.36. The van der Waals surface area contributed by atoms with Gasteiger partial charge in [0.25, 0.3) is 0 Å². The van der Waals surface area contributed by atoms with Crippen molar-refractivity contribution in [3.05, 3.63) is 10.4 Å². The lowest BCUT2D eigenvalue weighted by Crippen LogP contribution is -2.35. The average Bonchev–Trinajstić information content (AvgIpc) is 2.17. The molecule has 0 bridgehead atoms. The van der Waals surface area contributed by atoms with E-state index in [4.69, 9.17) is 10.3 Å². The van der Waals surface area contributed by atoms with Gasteiger partial charge in [-0.25, -0.2) is 4.79 Å². The van der Waals surface area contributed by atoms with Gasteiger partial charge < -0.3 is 4.74 Å². The van der Waals surface area contributed by atoms with Crippen molar-refractivity contribution in [1.82, 2.24) is 0 Å². The first-order valence-corrected chi connectivity index (χ1v) is 5.73. The molecule has 0 saturated heterocycles. The molecule has 0 aromatic rings. The molecule has 16 heavy (non-hydrogen) atoms. The van der Waals surface area contributed by atoms with Crippen molar-refractivity contribution in [1.29, 1.82) is 0 Å². The first-order valence-electron chi connectivity index (χ1n) is 5.73. The summed E-state index contributed by atoms with van der Waals surface area (Å²) in [7, 11) is 0. The number of nitrogens with zero attached hydrogens (tertiary/aromatic N) is 3. The predicted molar refractivity (Wildman–Crippen MR) is 60.8 cm³/mol. The molecule has 1 fully saturated rings. The molecule has 1 aliphatic rings. The minimum absolute atomic E-state index is 0.0980. The molecule has 5 nitrogen and oxygen atoms in total. The van der Waals surface area contributed by atoms with E-state index in [9.17, 15) is 4.79 Å². The topological polar surface area (TPSA) is 75.1 Å². The van der Waals surface area contributed by atoms with Gasteiger partial charge in [-0.05, 0) is 42.5 Å². The van der Waals surface area contributed by atoms with Crippen molar-refractivity contribution in [2.75, 3.05) is 0 Å². The maximum Gasteiger partial charge on any atom is 0.397 e. The van der Waals surface area contributed by atoms with E-state index in [1.54, 1.807) is 0 Å². The Morgan fingerprint density at radius 3 is 2.88 bits per heavy atom. The summed E-state index contributed by atoms with van der Waals surface area (Å²) in [6, 6.07) is 0. The van der Waals surface area contributed by atoms with Gasteiger partial charge in [-0.2, -0.15) is 0 Å². The number of ether oxygens (including phenoxy) is 1. The van der Waals surface area contributed by atoms with Gasteiger partial charge in [0, 0.05) is 10.0 Å². The van der Waals surface area contributed by atoms with Crippen molar-refractivity contribution in [2.45, 2.75) is 52.6 Å². The predicted octanol–water partition coefficient (Wildman–Crippen LogP) is 4.04. The van der Waals surface area contributed by atoms with E-state index < -0.39 is 6.09 Å². The molecule has 0 unspecified atom stereocenters. The molecule has 1 rings (SSSR count). The number of hydrogen-bond donors (Lipinski definition) is 0. The van der Waals surface area contributed by atoms with Crippen LogP contribution in [0.5, 0.6) is 0 Å². The zero-order valence-corrected chi connectivity index (χ0v) is 10.1. The third-order valence-electron chi connectivity index (χ3n) is 3.76. The van der Waals surface area contributed by atoms with Crippen LogP contribution in [0.15, 0.2) is 5.11 Å². The molecule has 5 heteroatoms. The highest BCUT2D eigenvalue weighted by atomic mass is 16.6. The standard InChI is InChI=1S/C11H19N3O2/c1-8(2)11(3)6-4-5-9(7-11)16-10(15)13-14-12/h8-9H,4-7H2,1-3H3/t9-,11+/m0/s1. The number of hydrogen-bond acceptors (Lipinski definition) is 2. The largest absolute Gasteiger partial charge is 0.458 e. The van der Waals surface area contributed by atoms with E-state index >= 15 is 0 Å². The van der Waals surface area contributed by atoms with Gasteiger partial charge in [0.2, 0.25) is 0 Å². The lowest BCUT2D eigenvalue weighted by atomic mass is 9.67. The van der Waals surface area contributed by atoms with Crippen LogP contribution in [0.4, 0.5) is 4.79 Å². The molecule has 1 aliphatic carbocycles. The Balaban J connectivity index is 2.57. The fourth-order valence-corrected chi connectivity index (χ4v) is 2.29. The van der Waals surface area contributed by atoms with Crippen LogP contribution in [0, 0.1) is 11.3 Å². The second-order valence-corrected chi connectivity index (χ2v) is 5.10. The lowest BCUT2D eigenvalue weighted by Gasteiger charge is -2.40. The molecular weight excluding hydrogens is 206 g/mol. The van der Waals surface area contributed by atoms with E-state index in [-0.39, 0.29) is 11.5 Å². The highest BCUT2D eigenvalue weighted by molar-refractivity contribution is 5.68. The molecule has 1 amide bonds. The molecule has 0 radical (unpaired) electrons. The Morgan fingerprint density at radius 2 is 2.31 bits per heavy atom. The van der Waals surface area contributed by atoms with E-state index in [1.165, 1.54) is 6.42 Å². The monoisotopic (exact) mass is 225 g/mol. The highest BCUT2D eigenvalue weighted by Crippen LogP contribution is 2.42. The van der Waals surface area contributed by atoms with Crippen LogP contribution in [0.2, 0.25) is 0 Å². The SMILES string of the molecule is CC(C)[C@]1(C)CCC[C@H](OC(=O)N=[N+]=[N-])C1. The summed E-state index contributed by atoms with van der Waals surface area (Å²) in [4.78, 5) is 13.5. The Morgan fingerprint density at radius 1 is 1.62 bits per heavy atom. The zero-order valence-electron chi connectivity index (χ0n) is 10.1. The van der Waals surface area contributed by atoms with Gasteiger partial charge in [-0.15, -0.1) is 0 Å². The van der Waals surface area contributed by atoms with Gasteiger partial charge >= 0.3 is 6.09 Å². The quantitative estimate of drug-likeness (QED) is 0.404. The van der Waals surface area contributed by atoms with E-state index in [0.717, 1.165) is 19.3 Å². The van der Waals surface area contributed by atoms with Crippen LogP contribution in [0.3, 0.4) is 0 Å². The van der Waals surface area contributed by atoms with Crippen LogP contribution >= 0.6 is 0 Å². The summed E-state index contributed by atoms with van der Waals surface area (Å²) in [5.41, 5.74) is 8.34. The second kappa shape index (κ2) is 5.21. The second-order valence-electron chi connectivity index (χ2n) is 5.10. The summed E-state index contributed by atoms with van der Waals surface area (Å²) in [6.07, 6.45) is 3.05. The normalized spacial score (nSPS) is 29.6. The molecule has 90 valence electrons. The fraction of sp³-hybridized carbons (Fsp3) is 0.909. The van der Waals surface area contributed by atoms with Crippen molar-refractivity contribution in [3.63, 3.8) is 0 Å². The lowest BCUT2D eigenvalue weighted by molar-refractivity contribution is 0.0164. The van der Waals surface area contributed by atoms with Crippen LogP contribution in [-0.4, -0.2) is 12.2 Å². The molecule has 0 aromatic carbocycles. The minimum Gasteiger partial charge on any atom is -0.458 e. The summed E-state index contributed by atoms with van der Waals surface area (Å²) in [6.45, 7) is 6.61. The van der Waals surface area contributed by atoms with Crippen molar-refractivity contribution >= 4 is 6.09 Å². The van der Waals surface area contributed by atoms with Crippen LogP contribution in [0.25, 0.3) is 10.4 Å². The van der Waals surface area contributed by atoms with E-state index in [0.29, 0.717) is 5.92 Å². The first-order chi connectivity index (χ1) is 7.48. The van der Waals surface area contributed by atoms with Gasteiger partial charge in [0.05, 0.1) is 0 Å². The van der Waals surface area contributed by atoms with Gasteiger partial charge in [-0.3, -0.25) is 0 Å². The number of carbonyl (C=O) groups excluding carboxylic acids is 1. The van der Waals surface area contributed by atoms with Gasteiger partial charge in [0.1, 0.15) is 6.10 Å². The molecule has 0 heterocycles. The summed E-state index contributed by atoms with van der Waals surface area (Å²) >= 11 is 0. The zero-order chi connectivity index (χ0) is 12.2. The average molecular weight is 225 g/mol. The van der Waals surface area contributed by atoms with Crippen molar-refractivity contribution < 1.29 is 9.53 Å². The maximum atomic E-state index is 11.0. The number of rotatable bonds is 2. The minimum atomic E-state index is -0.805. The maximum absolute atomic E-state index is 11.0. The number of amides is 1. The fourth-order valence-electron chi connectivity index (χ4n) is 2.29. The Kier molecular flexibility index (Phi) is 4.19. The first kappa shape index (κ1) is 12.8. The Bertz CT molecular complexity index is 310. The van der Waals surface area contributed by atoms with E-state index in [2.05, 4.69) is 30.8 Å². The molecule has 0 spiro atoms. The van der Waals surface area contributed by atoms with Crippen molar-refractivity contribution in [2.24, 2.45) is 16.4 Å². The molecular formula is C11H19N3O2. The molecule has 2 atom stereocenters.